The summed E-state index contributed by atoms with van der Waals surface area (Å²) in [5, 5.41) is 3.29. The third kappa shape index (κ3) is 3.38. The maximum Gasteiger partial charge on any atom is 0.573 e. The standard InChI is InChI=1S/C13H16F3NO/c1-12(7-4-8-12)17-9-10-5-2-3-6-11(10)18-13(14,15)16/h2-3,5-6,17H,4,7-9H2,1H3. The van der Waals surface area contributed by atoms with Crippen LogP contribution in [0.5, 0.6) is 5.75 Å². The Hall–Kier alpha value is -1.23. The largest absolute Gasteiger partial charge is 0.573 e. The average molecular weight is 259 g/mol. The second-order valence-corrected chi connectivity index (χ2v) is 4.92. The van der Waals surface area contributed by atoms with Gasteiger partial charge in [-0.05, 0) is 32.3 Å². The number of alkyl halides is 3. The third-order valence-corrected chi connectivity index (χ3v) is 3.36. The molecule has 0 amide bonds. The molecule has 2 rings (SSSR count). The molecule has 0 saturated heterocycles. The van der Waals surface area contributed by atoms with E-state index in [2.05, 4.69) is 17.0 Å². The number of hydrogen-bond donors (Lipinski definition) is 1. The summed E-state index contributed by atoms with van der Waals surface area (Å²) in [5.74, 6) is -0.125. The second-order valence-electron chi connectivity index (χ2n) is 4.92. The third-order valence-electron chi connectivity index (χ3n) is 3.36. The summed E-state index contributed by atoms with van der Waals surface area (Å²) in [5.41, 5.74) is 0.591. The van der Waals surface area contributed by atoms with Gasteiger partial charge in [0.15, 0.2) is 0 Å². The van der Waals surface area contributed by atoms with E-state index in [0.717, 1.165) is 12.8 Å². The zero-order chi connectivity index (χ0) is 13.2. The van der Waals surface area contributed by atoms with Crippen LogP contribution in [0.15, 0.2) is 24.3 Å². The van der Waals surface area contributed by atoms with Gasteiger partial charge in [-0.3, -0.25) is 0 Å². The summed E-state index contributed by atoms with van der Waals surface area (Å²) in [6.45, 7) is 2.48. The van der Waals surface area contributed by atoms with E-state index >= 15 is 0 Å². The first kappa shape index (κ1) is 13.2. The predicted octanol–water partition coefficient (Wildman–Crippen LogP) is 3.62. The molecule has 1 fully saturated rings. The number of ether oxygens (including phenoxy) is 1. The van der Waals surface area contributed by atoms with Crippen molar-refractivity contribution < 1.29 is 17.9 Å². The Bertz CT molecular complexity index is 413. The first-order chi connectivity index (χ1) is 8.38. The van der Waals surface area contributed by atoms with Crippen molar-refractivity contribution in [3.63, 3.8) is 0 Å². The molecule has 2 nitrogen and oxygen atoms in total. The Morgan fingerprint density at radius 3 is 2.50 bits per heavy atom. The highest BCUT2D eigenvalue weighted by atomic mass is 19.4. The van der Waals surface area contributed by atoms with Crippen LogP contribution in [0.3, 0.4) is 0 Å². The van der Waals surface area contributed by atoms with Crippen LogP contribution in [-0.4, -0.2) is 11.9 Å². The molecule has 0 radical (unpaired) electrons. The highest BCUT2D eigenvalue weighted by Gasteiger charge is 2.33. The van der Waals surface area contributed by atoms with E-state index in [-0.39, 0.29) is 11.3 Å². The molecule has 0 aliphatic heterocycles. The number of hydrogen-bond acceptors (Lipinski definition) is 2. The van der Waals surface area contributed by atoms with Crippen molar-refractivity contribution in [1.29, 1.82) is 0 Å². The molecule has 1 N–H and O–H groups in total. The summed E-state index contributed by atoms with van der Waals surface area (Å²) in [6, 6.07) is 6.24. The van der Waals surface area contributed by atoms with Crippen molar-refractivity contribution in [2.45, 2.75) is 44.6 Å². The number of para-hydroxylation sites is 1. The maximum atomic E-state index is 12.2. The Balaban J connectivity index is 2.03. The van der Waals surface area contributed by atoms with Crippen molar-refractivity contribution in [2.24, 2.45) is 0 Å². The maximum absolute atomic E-state index is 12.2. The van der Waals surface area contributed by atoms with Gasteiger partial charge in [0.25, 0.3) is 0 Å². The molecule has 1 saturated carbocycles. The molecular formula is C13H16F3NO. The summed E-state index contributed by atoms with van der Waals surface area (Å²) in [7, 11) is 0. The molecular weight excluding hydrogens is 243 g/mol. The van der Waals surface area contributed by atoms with Crippen molar-refractivity contribution in [3.8, 4) is 5.75 Å². The molecule has 1 aromatic rings. The smallest absolute Gasteiger partial charge is 0.405 e. The van der Waals surface area contributed by atoms with E-state index in [4.69, 9.17) is 0 Å². The van der Waals surface area contributed by atoms with Gasteiger partial charge < -0.3 is 10.1 Å². The SMILES string of the molecule is CC1(NCc2ccccc2OC(F)(F)F)CCC1. The first-order valence-electron chi connectivity index (χ1n) is 5.97. The van der Waals surface area contributed by atoms with Gasteiger partial charge in [-0.2, -0.15) is 0 Å². The normalized spacial score (nSPS) is 18.2. The lowest BCUT2D eigenvalue weighted by molar-refractivity contribution is -0.274. The van der Waals surface area contributed by atoms with Gasteiger partial charge in [-0.25, -0.2) is 0 Å². The topological polar surface area (TPSA) is 21.3 Å². The number of halogens is 3. The fraction of sp³-hybridized carbons (Fsp3) is 0.538. The van der Waals surface area contributed by atoms with E-state index in [1.807, 2.05) is 0 Å². The summed E-state index contributed by atoms with van der Waals surface area (Å²) in [4.78, 5) is 0. The minimum atomic E-state index is -4.64. The first-order valence-corrected chi connectivity index (χ1v) is 5.97. The minimum Gasteiger partial charge on any atom is -0.405 e. The van der Waals surface area contributed by atoms with Gasteiger partial charge in [-0.15, -0.1) is 13.2 Å². The van der Waals surface area contributed by atoms with Crippen molar-refractivity contribution in [3.05, 3.63) is 29.8 Å². The molecule has 0 heterocycles. The van der Waals surface area contributed by atoms with Crippen LogP contribution in [0, 0.1) is 0 Å². The van der Waals surface area contributed by atoms with Gasteiger partial charge in [0.2, 0.25) is 0 Å². The summed E-state index contributed by atoms with van der Waals surface area (Å²) in [6.07, 6.45) is -1.34. The molecule has 1 aliphatic rings. The number of rotatable bonds is 4. The number of benzene rings is 1. The highest BCUT2D eigenvalue weighted by molar-refractivity contribution is 5.33. The quantitative estimate of drug-likeness (QED) is 0.891. The number of nitrogens with one attached hydrogen (secondary N) is 1. The monoisotopic (exact) mass is 259 g/mol. The van der Waals surface area contributed by atoms with Crippen molar-refractivity contribution in [2.75, 3.05) is 0 Å². The minimum absolute atomic E-state index is 0.0609. The van der Waals surface area contributed by atoms with Crippen LogP contribution in [-0.2, 0) is 6.54 Å². The summed E-state index contributed by atoms with van der Waals surface area (Å²) < 4.78 is 40.7. The lowest BCUT2D eigenvalue weighted by Crippen LogP contribution is -2.47. The van der Waals surface area contributed by atoms with E-state index in [1.54, 1.807) is 12.1 Å². The molecule has 0 spiro atoms. The Kier molecular flexibility index (Phi) is 3.52. The molecule has 0 unspecified atom stereocenters. The van der Waals surface area contributed by atoms with Crippen molar-refractivity contribution >= 4 is 0 Å². The Labute approximate surface area is 104 Å². The van der Waals surface area contributed by atoms with Gasteiger partial charge >= 0.3 is 6.36 Å². The van der Waals surface area contributed by atoms with E-state index in [0.29, 0.717) is 12.1 Å². The molecule has 0 atom stereocenters. The lowest BCUT2D eigenvalue weighted by atomic mass is 9.78. The Morgan fingerprint density at radius 1 is 1.28 bits per heavy atom. The van der Waals surface area contributed by atoms with Gasteiger partial charge in [0, 0.05) is 17.6 Å². The molecule has 1 aliphatic carbocycles. The lowest BCUT2D eigenvalue weighted by Gasteiger charge is -2.39. The van der Waals surface area contributed by atoms with E-state index in [1.165, 1.54) is 18.6 Å². The molecule has 0 aromatic heterocycles. The van der Waals surface area contributed by atoms with Crippen LogP contribution < -0.4 is 10.1 Å². The van der Waals surface area contributed by atoms with Crippen LogP contribution in [0.4, 0.5) is 13.2 Å². The zero-order valence-electron chi connectivity index (χ0n) is 10.2. The fourth-order valence-corrected chi connectivity index (χ4v) is 2.07. The van der Waals surface area contributed by atoms with Crippen molar-refractivity contribution in [1.82, 2.24) is 5.32 Å². The zero-order valence-corrected chi connectivity index (χ0v) is 10.2. The van der Waals surface area contributed by atoms with Gasteiger partial charge in [-0.1, -0.05) is 18.2 Å². The van der Waals surface area contributed by atoms with E-state index < -0.39 is 6.36 Å². The fourth-order valence-electron chi connectivity index (χ4n) is 2.07. The molecule has 0 bridgehead atoms. The molecule has 100 valence electrons. The van der Waals surface area contributed by atoms with Crippen LogP contribution in [0.1, 0.15) is 31.7 Å². The average Bonchev–Trinajstić information content (AvgIpc) is 2.23. The Morgan fingerprint density at radius 2 is 1.94 bits per heavy atom. The summed E-state index contributed by atoms with van der Waals surface area (Å²) >= 11 is 0. The second kappa shape index (κ2) is 4.80. The van der Waals surface area contributed by atoms with Gasteiger partial charge in [0.1, 0.15) is 5.75 Å². The van der Waals surface area contributed by atoms with Crippen LogP contribution >= 0.6 is 0 Å². The van der Waals surface area contributed by atoms with Crippen LogP contribution in [0.2, 0.25) is 0 Å². The molecule has 1 aromatic carbocycles. The van der Waals surface area contributed by atoms with E-state index in [9.17, 15) is 13.2 Å². The van der Waals surface area contributed by atoms with Crippen LogP contribution in [0.25, 0.3) is 0 Å². The molecule has 18 heavy (non-hydrogen) atoms. The predicted molar refractivity (Wildman–Crippen MR) is 62.2 cm³/mol. The molecule has 5 heteroatoms. The highest BCUT2D eigenvalue weighted by Crippen LogP contribution is 2.32. The van der Waals surface area contributed by atoms with Gasteiger partial charge in [0.05, 0.1) is 0 Å².